The number of anilines is 1. The smallest absolute Gasteiger partial charge is 0.231 e. The van der Waals surface area contributed by atoms with Gasteiger partial charge in [-0.15, -0.1) is 0 Å². The molecule has 2 N–H and O–H groups in total. The van der Waals surface area contributed by atoms with Crippen molar-refractivity contribution in [1.29, 1.82) is 0 Å². The highest BCUT2D eigenvalue weighted by Crippen LogP contribution is 2.70. The minimum absolute atomic E-state index is 0.00478. The third-order valence-electron chi connectivity index (χ3n) is 13.1. The number of benzene rings is 1. The van der Waals surface area contributed by atoms with E-state index in [0.29, 0.717) is 42.5 Å². The molecule has 8 heteroatoms. The summed E-state index contributed by atoms with van der Waals surface area (Å²) in [5, 5.41) is 16.0. The lowest BCUT2D eigenvalue weighted by molar-refractivity contribution is -0.258. The van der Waals surface area contributed by atoms with E-state index in [0.717, 1.165) is 24.0 Å². The average molecular weight is 616 g/mol. The van der Waals surface area contributed by atoms with Gasteiger partial charge in [-0.05, 0) is 121 Å². The molecule has 3 fully saturated rings. The van der Waals surface area contributed by atoms with Crippen LogP contribution in [0.3, 0.4) is 0 Å². The van der Waals surface area contributed by atoms with Gasteiger partial charge < -0.3 is 24.6 Å². The summed E-state index contributed by atoms with van der Waals surface area (Å²) in [6, 6.07) is 4.00. The first-order chi connectivity index (χ1) is 20.8. The highest BCUT2D eigenvalue weighted by Gasteiger charge is 2.75. The molecule has 4 heterocycles. The number of carbonyl (C=O) groups excluding carboxylic acids is 3. The van der Waals surface area contributed by atoms with Crippen molar-refractivity contribution < 1.29 is 33.7 Å². The number of fused-ring (bicyclic) bond motifs is 8. The summed E-state index contributed by atoms with van der Waals surface area (Å²) in [4.78, 5) is 42.2. The summed E-state index contributed by atoms with van der Waals surface area (Å²) in [5.74, 6) is -1.91. The maximum atomic E-state index is 14.8. The lowest BCUT2D eigenvalue weighted by Crippen LogP contribution is -2.71. The summed E-state index contributed by atoms with van der Waals surface area (Å²) in [7, 11) is 0. The van der Waals surface area contributed by atoms with Crippen LogP contribution in [0.25, 0.3) is 5.57 Å². The van der Waals surface area contributed by atoms with E-state index in [1.165, 1.54) is 17.2 Å². The Morgan fingerprint density at radius 1 is 0.911 bits per heavy atom. The molecule has 1 aromatic rings. The van der Waals surface area contributed by atoms with Crippen molar-refractivity contribution in [2.24, 2.45) is 16.7 Å². The van der Waals surface area contributed by atoms with Crippen LogP contribution in [-0.4, -0.2) is 56.9 Å². The number of Topliss-reactive ketones (excluding diaryl/α,β-unsaturated/α-hetero) is 1. The maximum Gasteiger partial charge on any atom is 0.231 e. The molecular formula is C37H45NO7. The van der Waals surface area contributed by atoms with Gasteiger partial charge in [-0.25, -0.2) is 0 Å². The number of carbonyl (C=O) groups is 3. The van der Waals surface area contributed by atoms with Gasteiger partial charge in [-0.1, -0.05) is 6.92 Å². The van der Waals surface area contributed by atoms with E-state index in [-0.39, 0.29) is 35.4 Å². The van der Waals surface area contributed by atoms with Crippen LogP contribution in [0.4, 0.5) is 5.69 Å². The first kappa shape index (κ1) is 29.7. The van der Waals surface area contributed by atoms with Crippen LogP contribution in [0, 0.1) is 16.7 Å². The number of rotatable bonds is 0. The Labute approximate surface area is 264 Å². The number of ether oxygens (including phenoxy) is 3. The van der Waals surface area contributed by atoms with Crippen molar-refractivity contribution in [2.75, 3.05) is 5.32 Å². The van der Waals surface area contributed by atoms with Crippen LogP contribution >= 0.6 is 0 Å². The summed E-state index contributed by atoms with van der Waals surface area (Å²) >= 11 is 0. The molecule has 0 radical (unpaired) electrons. The molecule has 2 saturated carbocycles. The van der Waals surface area contributed by atoms with Crippen LogP contribution in [0.15, 0.2) is 29.4 Å². The lowest BCUT2D eigenvalue weighted by atomic mass is 9.41. The lowest BCUT2D eigenvalue weighted by Gasteiger charge is -2.66. The van der Waals surface area contributed by atoms with Crippen molar-refractivity contribution in [2.45, 2.75) is 135 Å². The Hall–Kier alpha value is -2.65. The number of nitrogens with one attached hydrogen (secondary N) is 1. The molecule has 1 saturated heterocycles. The van der Waals surface area contributed by atoms with E-state index >= 15 is 0 Å². The fourth-order valence-electron chi connectivity index (χ4n) is 10.7. The summed E-state index contributed by atoms with van der Waals surface area (Å²) in [6.07, 6.45) is 4.09. The number of hydrogen-bond donors (Lipinski definition) is 2. The van der Waals surface area contributed by atoms with Gasteiger partial charge in [0.2, 0.25) is 5.91 Å². The standard InChI is InChI=1S/C37H45NO7/c1-31(2)18-23-21-16-25-22(13-19(21)14-24(23)32(3,4)44-31)26(39)15-20-9-10-36(42)28-17-27(40)29-33(5,6)45-37(28,43-29)12-11-34(36,7)35(20,8)30(41)38-25/h13,16-17,20,29,42H,9-12,14-15,18H2,1-8H3,(H,38,41)/t20-,29-,34+,35+,36+,37-/m0/s1. The molecule has 4 aliphatic heterocycles. The molecule has 6 atom stereocenters. The van der Waals surface area contributed by atoms with Gasteiger partial charge in [0.05, 0.1) is 27.9 Å². The maximum absolute atomic E-state index is 14.8. The van der Waals surface area contributed by atoms with Crippen molar-refractivity contribution in [1.82, 2.24) is 0 Å². The highest BCUT2D eigenvalue weighted by molar-refractivity contribution is 6.09. The van der Waals surface area contributed by atoms with Crippen LogP contribution in [-0.2, 0) is 30.2 Å². The van der Waals surface area contributed by atoms with Crippen molar-refractivity contribution >= 4 is 28.7 Å². The molecule has 7 aliphatic rings. The Morgan fingerprint density at radius 3 is 2.38 bits per heavy atom. The Bertz CT molecular complexity index is 1700. The third-order valence-corrected chi connectivity index (χ3v) is 13.1. The molecular weight excluding hydrogens is 570 g/mol. The molecule has 1 aromatic carbocycles. The van der Waals surface area contributed by atoms with Gasteiger partial charge in [-0.2, -0.15) is 0 Å². The topological polar surface area (TPSA) is 111 Å². The fourth-order valence-corrected chi connectivity index (χ4v) is 10.7. The van der Waals surface area contributed by atoms with E-state index in [1.54, 1.807) is 0 Å². The van der Waals surface area contributed by atoms with E-state index in [2.05, 4.69) is 33.0 Å². The molecule has 8 nitrogen and oxygen atoms in total. The number of ketones is 2. The molecule has 3 aliphatic carbocycles. The Morgan fingerprint density at radius 2 is 1.64 bits per heavy atom. The minimum Gasteiger partial charge on any atom is -0.385 e. The SMILES string of the molecule is CC1(C)CC2=C(Cc3cc4c(cc32)NC(=O)[C@@]2(C)[C@@H](CC[C@@]3(O)C5=CC(=O)[C@@H]6O[C@@]5(CC[C@@]32C)OC6(C)C)CC4=O)C(C)(C)O1. The largest absolute Gasteiger partial charge is 0.385 e. The molecule has 0 aromatic heterocycles. The summed E-state index contributed by atoms with van der Waals surface area (Å²) in [5.41, 5.74) is 0.923. The van der Waals surface area contributed by atoms with Crippen LogP contribution in [0.1, 0.15) is 115 Å². The van der Waals surface area contributed by atoms with Crippen LogP contribution < -0.4 is 5.32 Å². The fraction of sp³-hybridized carbons (Fsp3) is 0.649. The van der Waals surface area contributed by atoms with Gasteiger partial charge in [0, 0.05) is 35.8 Å². The second-order valence-electron chi connectivity index (χ2n) is 16.9. The van der Waals surface area contributed by atoms with Crippen molar-refractivity contribution in [3.63, 3.8) is 0 Å². The second kappa shape index (κ2) is 8.43. The molecule has 240 valence electrons. The minimum atomic E-state index is -1.53. The quantitative estimate of drug-likeness (QED) is 0.377. The van der Waals surface area contributed by atoms with Crippen molar-refractivity contribution in [3.05, 3.63) is 46.0 Å². The predicted molar refractivity (Wildman–Crippen MR) is 167 cm³/mol. The number of aliphatic hydroxyl groups is 1. The third kappa shape index (κ3) is 3.55. The first-order valence-corrected chi connectivity index (χ1v) is 16.6. The van der Waals surface area contributed by atoms with Crippen LogP contribution in [0.5, 0.6) is 0 Å². The molecule has 1 amide bonds. The average Bonchev–Trinajstić information content (AvgIpc) is 3.40. The Kier molecular flexibility index (Phi) is 5.57. The van der Waals surface area contributed by atoms with E-state index in [9.17, 15) is 19.5 Å². The van der Waals surface area contributed by atoms with Crippen LogP contribution in [0.2, 0.25) is 0 Å². The number of amides is 1. The Balaban J connectivity index is 1.22. The van der Waals surface area contributed by atoms with E-state index < -0.39 is 39.5 Å². The van der Waals surface area contributed by atoms with Gasteiger partial charge in [0.25, 0.3) is 0 Å². The monoisotopic (exact) mass is 615 g/mol. The molecule has 2 bridgehead atoms. The van der Waals surface area contributed by atoms with Gasteiger partial charge >= 0.3 is 0 Å². The highest BCUT2D eigenvalue weighted by atomic mass is 16.8. The number of hydrogen-bond acceptors (Lipinski definition) is 7. The zero-order valence-corrected chi connectivity index (χ0v) is 27.7. The molecule has 8 rings (SSSR count). The zero-order chi connectivity index (χ0) is 32.3. The molecule has 45 heavy (non-hydrogen) atoms. The normalized spacial score (nSPS) is 41.8. The molecule has 0 unspecified atom stereocenters. The van der Waals surface area contributed by atoms with E-state index in [4.69, 9.17) is 14.2 Å². The summed E-state index contributed by atoms with van der Waals surface area (Å²) < 4.78 is 19.3. The first-order valence-electron chi connectivity index (χ1n) is 16.6. The predicted octanol–water partition coefficient (Wildman–Crippen LogP) is 5.85. The second-order valence-corrected chi connectivity index (χ2v) is 16.9. The van der Waals surface area contributed by atoms with Gasteiger partial charge in [0.1, 0.15) is 5.60 Å². The van der Waals surface area contributed by atoms with E-state index in [1.807, 2.05) is 39.8 Å². The summed E-state index contributed by atoms with van der Waals surface area (Å²) in [6.45, 7) is 16.0. The van der Waals surface area contributed by atoms with Gasteiger partial charge in [0.15, 0.2) is 23.5 Å². The molecule has 1 spiro atoms. The van der Waals surface area contributed by atoms with Crippen molar-refractivity contribution in [3.8, 4) is 0 Å². The zero-order valence-electron chi connectivity index (χ0n) is 27.7. The van der Waals surface area contributed by atoms with Gasteiger partial charge in [-0.3, -0.25) is 14.4 Å².